The predicted octanol–water partition coefficient (Wildman–Crippen LogP) is 2.46. The zero-order chi connectivity index (χ0) is 16.3. The van der Waals surface area contributed by atoms with Gasteiger partial charge in [-0.05, 0) is 30.3 Å². The van der Waals surface area contributed by atoms with Crippen LogP contribution in [0.25, 0.3) is 10.7 Å². The molecule has 3 N–H and O–H groups in total. The lowest BCUT2D eigenvalue weighted by Crippen LogP contribution is -2.12. The molecule has 118 valence electrons. The fourth-order valence-corrected chi connectivity index (χ4v) is 3.36. The summed E-state index contributed by atoms with van der Waals surface area (Å²) in [6.45, 7) is 0.540. The Morgan fingerprint density at radius 1 is 1.13 bits per heavy atom. The first kappa shape index (κ1) is 15.6. The van der Waals surface area contributed by atoms with Crippen molar-refractivity contribution in [3.63, 3.8) is 0 Å². The molecule has 0 spiro atoms. The van der Waals surface area contributed by atoms with Gasteiger partial charge in [-0.1, -0.05) is 12.1 Å². The number of nitrogens with zero attached hydrogens (tertiary/aromatic N) is 2. The summed E-state index contributed by atoms with van der Waals surface area (Å²) < 4.78 is 22.7. The average molecular weight is 346 g/mol. The maximum Gasteiger partial charge on any atom is 0.238 e. The van der Waals surface area contributed by atoms with Gasteiger partial charge in [0.25, 0.3) is 0 Å². The standard InChI is InChI=1S/C15H14N4O2S2/c16-23(20,21)13-5-3-4-11(8-13)18-9-12-10-19-15(22-12)14-6-1-2-7-17-14/h1-8,10,18H,9H2,(H2,16,20,21). The number of aromatic nitrogens is 2. The van der Waals surface area contributed by atoms with Gasteiger partial charge in [-0.25, -0.2) is 18.5 Å². The minimum Gasteiger partial charge on any atom is -0.380 e. The molecule has 3 aromatic rings. The smallest absolute Gasteiger partial charge is 0.238 e. The lowest BCUT2D eigenvalue weighted by Gasteiger charge is -2.06. The van der Waals surface area contributed by atoms with Crippen molar-refractivity contribution in [3.05, 3.63) is 59.7 Å². The van der Waals surface area contributed by atoms with E-state index in [1.54, 1.807) is 24.5 Å². The highest BCUT2D eigenvalue weighted by molar-refractivity contribution is 7.89. The molecular formula is C15H14N4O2S2. The number of hydrogen-bond acceptors (Lipinski definition) is 6. The summed E-state index contributed by atoms with van der Waals surface area (Å²) in [6, 6.07) is 12.1. The summed E-state index contributed by atoms with van der Waals surface area (Å²) in [5, 5.41) is 9.15. The molecule has 2 aromatic heterocycles. The van der Waals surface area contributed by atoms with Gasteiger partial charge in [0, 0.05) is 23.0 Å². The average Bonchev–Trinajstić information content (AvgIpc) is 3.02. The molecule has 0 radical (unpaired) electrons. The number of thiazole rings is 1. The number of hydrogen-bond donors (Lipinski definition) is 2. The Bertz CT molecular complexity index is 908. The van der Waals surface area contributed by atoms with Gasteiger partial charge in [-0.3, -0.25) is 4.98 Å². The minimum absolute atomic E-state index is 0.0842. The van der Waals surface area contributed by atoms with Crippen molar-refractivity contribution in [2.24, 2.45) is 5.14 Å². The Hall–Kier alpha value is -2.29. The number of anilines is 1. The largest absolute Gasteiger partial charge is 0.380 e. The molecule has 0 aliphatic carbocycles. The fourth-order valence-electron chi connectivity index (χ4n) is 1.97. The van der Waals surface area contributed by atoms with E-state index in [0.29, 0.717) is 12.2 Å². The first-order chi connectivity index (χ1) is 11.0. The highest BCUT2D eigenvalue weighted by Crippen LogP contribution is 2.24. The molecular weight excluding hydrogens is 332 g/mol. The Kier molecular flexibility index (Phi) is 4.37. The molecule has 2 heterocycles. The van der Waals surface area contributed by atoms with Crippen LogP contribution in [0, 0.1) is 0 Å². The van der Waals surface area contributed by atoms with E-state index in [1.165, 1.54) is 23.5 Å². The normalized spacial score (nSPS) is 11.3. The van der Waals surface area contributed by atoms with Crippen molar-refractivity contribution in [3.8, 4) is 10.7 Å². The van der Waals surface area contributed by atoms with Gasteiger partial charge in [-0.15, -0.1) is 11.3 Å². The van der Waals surface area contributed by atoms with Crippen molar-refractivity contribution in [2.45, 2.75) is 11.4 Å². The molecule has 3 rings (SSSR count). The van der Waals surface area contributed by atoms with E-state index in [2.05, 4.69) is 15.3 Å². The van der Waals surface area contributed by atoms with E-state index in [1.807, 2.05) is 18.2 Å². The molecule has 0 aliphatic rings. The Morgan fingerprint density at radius 2 is 2.00 bits per heavy atom. The van der Waals surface area contributed by atoms with Gasteiger partial charge >= 0.3 is 0 Å². The Labute approximate surface area is 138 Å². The molecule has 0 saturated heterocycles. The van der Waals surface area contributed by atoms with Crippen LogP contribution in [0.3, 0.4) is 0 Å². The number of nitrogens with one attached hydrogen (secondary N) is 1. The maximum atomic E-state index is 11.4. The van der Waals surface area contributed by atoms with Crippen LogP contribution in [0.5, 0.6) is 0 Å². The van der Waals surface area contributed by atoms with Gasteiger partial charge in [0.2, 0.25) is 10.0 Å². The first-order valence-corrected chi connectivity index (χ1v) is 9.11. The summed E-state index contributed by atoms with van der Waals surface area (Å²) in [5.74, 6) is 0. The van der Waals surface area contributed by atoms with Crippen LogP contribution in [0.1, 0.15) is 4.88 Å². The fraction of sp³-hybridized carbons (Fsp3) is 0.0667. The number of rotatable bonds is 5. The predicted molar refractivity (Wildman–Crippen MR) is 90.5 cm³/mol. The summed E-state index contributed by atoms with van der Waals surface area (Å²) in [6.07, 6.45) is 3.51. The third kappa shape index (κ3) is 3.92. The van der Waals surface area contributed by atoms with Crippen LogP contribution in [0.15, 0.2) is 59.8 Å². The highest BCUT2D eigenvalue weighted by atomic mass is 32.2. The van der Waals surface area contributed by atoms with Gasteiger partial charge in [-0.2, -0.15) is 0 Å². The Balaban J connectivity index is 1.71. The van der Waals surface area contributed by atoms with E-state index >= 15 is 0 Å². The van der Waals surface area contributed by atoms with E-state index in [4.69, 9.17) is 5.14 Å². The third-order valence-corrected chi connectivity index (χ3v) is 5.00. The molecule has 0 saturated carbocycles. The zero-order valence-electron chi connectivity index (χ0n) is 12.0. The Morgan fingerprint density at radius 3 is 2.74 bits per heavy atom. The monoisotopic (exact) mass is 346 g/mol. The molecule has 1 aromatic carbocycles. The molecule has 23 heavy (non-hydrogen) atoms. The van der Waals surface area contributed by atoms with Crippen LogP contribution in [-0.4, -0.2) is 18.4 Å². The molecule has 0 unspecified atom stereocenters. The van der Waals surface area contributed by atoms with Crippen LogP contribution >= 0.6 is 11.3 Å². The van der Waals surface area contributed by atoms with Crippen molar-refractivity contribution in [1.82, 2.24) is 9.97 Å². The van der Waals surface area contributed by atoms with Gasteiger partial charge in [0.1, 0.15) is 5.01 Å². The van der Waals surface area contributed by atoms with Crippen molar-refractivity contribution in [1.29, 1.82) is 0 Å². The SMILES string of the molecule is NS(=O)(=O)c1cccc(NCc2cnc(-c3ccccn3)s2)c1. The second kappa shape index (κ2) is 6.45. The summed E-state index contributed by atoms with van der Waals surface area (Å²) in [5.41, 5.74) is 1.52. The second-order valence-electron chi connectivity index (χ2n) is 4.77. The quantitative estimate of drug-likeness (QED) is 0.739. The van der Waals surface area contributed by atoms with Gasteiger partial charge < -0.3 is 5.32 Å². The zero-order valence-corrected chi connectivity index (χ0v) is 13.6. The maximum absolute atomic E-state index is 11.4. The molecule has 0 bridgehead atoms. The lowest BCUT2D eigenvalue weighted by molar-refractivity contribution is 0.598. The molecule has 0 fully saturated rings. The molecule has 0 atom stereocenters. The van der Waals surface area contributed by atoms with Gasteiger partial charge in [0.15, 0.2) is 0 Å². The van der Waals surface area contributed by atoms with E-state index in [9.17, 15) is 8.42 Å². The molecule has 8 heteroatoms. The van der Waals surface area contributed by atoms with E-state index in [0.717, 1.165) is 15.6 Å². The van der Waals surface area contributed by atoms with Crippen molar-refractivity contribution >= 4 is 27.0 Å². The van der Waals surface area contributed by atoms with E-state index in [-0.39, 0.29) is 4.90 Å². The number of pyridine rings is 1. The number of benzene rings is 1. The lowest BCUT2D eigenvalue weighted by atomic mass is 10.3. The van der Waals surface area contributed by atoms with Crippen LogP contribution in [-0.2, 0) is 16.6 Å². The first-order valence-electron chi connectivity index (χ1n) is 6.75. The topological polar surface area (TPSA) is 98.0 Å². The van der Waals surface area contributed by atoms with Crippen molar-refractivity contribution < 1.29 is 8.42 Å². The summed E-state index contributed by atoms with van der Waals surface area (Å²) in [4.78, 5) is 9.73. The van der Waals surface area contributed by atoms with Crippen LogP contribution in [0.2, 0.25) is 0 Å². The number of nitrogens with two attached hydrogens (primary N) is 1. The number of primary sulfonamides is 1. The molecule has 0 aliphatic heterocycles. The van der Waals surface area contributed by atoms with Crippen LogP contribution < -0.4 is 10.5 Å². The third-order valence-electron chi connectivity index (χ3n) is 3.07. The molecule has 0 amide bonds. The number of sulfonamides is 1. The summed E-state index contributed by atoms with van der Waals surface area (Å²) >= 11 is 1.54. The van der Waals surface area contributed by atoms with Gasteiger partial charge in [0.05, 0.1) is 17.1 Å². The molecule has 6 nitrogen and oxygen atoms in total. The van der Waals surface area contributed by atoms with Crippen molar-refractivity contribution in [2.75, 3.05) is 5.32 Å². The van der Waals surface area contributed by atoms with E-state index < -0.39 is 10.0 Å². The van der Waals surface area contributed by atoms with Crippen LogP contribution in [0.4, 0.5) is 5.69 Å². The summed E-state index contributed by atoms with van der Waals surface area (Å²) in [7, 11) is -3.70. The second-order valence-corrected chi connectivity index (χ2v) is 7.45. The minimum atomic E-state index is -3.70. The highest BCUT2D eigenvalue weighted by Gasteiger charge is 2.09.